The van der Waals surface area contributed by atoms with Crippen LogP contribution in [-0.2, 0) is 6.54 Å². The van der Waals surface area contributed by atoms with Crippen molar-refractivity contribution in [3.05, 3.63) is 40.6 Å². The van der Waals surface area contributed by atoms with E-state index in [0.717, 1.165) is 4.47 Å². The van der Waals surface area contributed by atoms with E-state index in [1.54, 1.807) is 12.1 Å². The van der Waals surface area contributed by atoms with Crippen molar-refractivity contribution in [1.82, 2.24) is 20.3 Å². The van der Waals surface area contributed by atoms with E-state index in [0.29, 0.717) is 18.8 Å². The number of carboxylic acid groups (broad SMARTS) is 1. The molecule has 1 aromatic carbocycles. The van der Waals surface area contributed by atoms with Crippen molar-refractivity contribution in [3.63, 3.8) is 0 Å². The molecular formula is C12H12BrN5O3. The zero-order valence-corrected chi connectivity index (χ0v) is 12.4. The Morgan fingerprint density at radius 3 is 2.86 bits per heavy atom. The van der Waals surface area contributed by atoms with E-state index >= 15 is 0 Å². The first kappa shape index (κ1) is 15.0. The van der Waals surface area contributed by atoms with Gasteiger partial charge >= 0.3 is 12.0 Å². The minimum Gasteiger partial charge on any atom is -0.476 e. The van der Waals surface area contributed by atoms with Gasteiger partial charge in [0.2, 0.25) is 0 Å². The lowest BCUT2D eigenvalue weighted by Crippen LogP contribution is -2.31. The fourth-order valence-electron chi connectivity index (χ4n) is 1.53. The van der Waals surface area contributed by atoms with Crippen LogP contribution in [0.2, 0.25) is 0 Å². The van der Waals surface area contributed by atoms with E-state index in [4.69, 9.17) is 5.11 Å². The van der Waals surface area contributed by atoms with Gasteiger partial charge in [0.1, 0.15) is 0 Å². The molecule has 9 heteroatoms. The zero-order chi connectivity index (χ0) is 15.2. The summed E-state index contributed by atoms with van der Waals surface area (Å²) in [6.45, 7) is 0.619. The lowest BCUT2D eigenvalue weighted by atomic mass is 10.3. The second kappa shape index (κ2) is 6.84. The Hall–Kier alpha value is -2.42. The number of nitrogens with zero attached hydrogens (tertiary/aromatic N) is 3. The molecule has 0 aliphatic carbocycles. The molecular weight excluding hydrogens is 342 g/mol. The largest absolute Gasteiger partial charge is 0.476 e. The summed E-state index contributed by atoms with van der Waals surface area (Å²) in [7, 11) is 0. The standard InChI is InChI=1S/C12H12BrN5O3/c13-8-2-1-3-9(6-8)15-12(21)14-4-5-18-7-10(11(19)20)16-17-18/h1-3,6-7H,4-5H2,(H,19,20)(H2,14,15,21). The first-order valence-corrected chi connectivity index (χ1v) is 6.78. The molecule has 0 atom stereocenters. The summed E-state index contributed by atoms with van der Waals surface area (Å²) in [4.78, 5) is 22.3. The molecule has 2 aromatic rings. The SMILES string of the molecule is O=C(NCCn1cc(C(=O)O)nn1)Nc1cccc(Br)c1. The second-order valence-electron chi connectivity index (χ2n) is 4.06. The molecule has 2 amide bonds. The van der Waals surface area contributed by atoms with Gasteiger partial charge in [-0.15, -0.1) is 5.10 Å². The van der Waals surface area contributed by atoms with Gasteiger partial charge in [0.15, 0.2) is 5.69 Å². The van der Waals surface area contributed by atoms with Gasteiger partial charge in [0.25, 0.3) is 0 Å². The third-order valence-electron chi connectivity index (χ3n) is 2.47. The lowest BCUT2D eigenvalue weighted by molar-refractivity contribution is 0.0690. The summed E-state index contributed by atoms with van der Waals surface area (Å²) in [6, 6.07) is 6.85. The monoisotopic (exact) mass is 353 g/mol. The van der Waals surface area contributed by atoms with E-state index < -0.39 is 5.97 Å². The number of urea groups is 1. The van der Waals surface area contributed by atoms with Crippen molar-refractivity contribution >= 4 is 33.6 Å². The minimum atomic E-state index is -1.14. The Kier molecular flexibility index (Phi) is 4.88. The fourth-order valence-corrected chi connectivity index (χ4v) is 1.93. The van der Waals surface area contributed by atoms with Gasteiger partial charge in [-0.1, -0.05) is 27.2 Å². The third-order valence-corrected chi connectivity index (χ3v) is 2.96. The number of carbonyl (C=O) groups is 2. The Balaban J connectivity index is 1.77. The highest BCUT2D eigenvalue weighted by Crippen LogP contribution is 2.15. The van der Waals surface area contributed by atoms with Crippen molar-refractivity contribution < 1.29 is 14.7 Å². The van der Waals surface area contributed by atoms with Crippen LogP contribution in [0.5, 0.6) is 0 Å². The third kappa shape index (κ3) is 4.56. The maximum atomic E-state index is 11.7. The molecule has 0 unspecified atom stereocenters. The number of halogens is 1. The zero-order valence-electron chi connectivity index (χ0n) is 10.8. The van der Waals surface area contributed by atoms with Gasteiger partial charge in [0, 0.05) is 16.7 Å². The van der Waals surface area contributed by atoms with Crippen LogP contribution in [0, 0.1) is 0 Å². The molecule has 2 rings (SSSR count). The number of hydrogen-bond acceptors (Lipinski definition) is 4. The second-order valence-corrected chi connectivity index (χ2v) is 4.98. The van der Waals surface area contributed by atoms with E-state index in [1.807, 2.05) is 12.1 Å². The van der Waals surface area contributed by atoms with E-state index in [1.165, 1.54) is 10.9 Å². The van der Waals surface area contributed by atoms with Crippen molar-refractivity contribution in [2.24, 2.45) is 0 Å². The van der Waals surface area contributed by atoms with Gasteiger partial charge in [-0.25, -0.2) is 14.3 Å². The van der Waals surface area contributed by atoms with Crippen molar-refractivity contribution in [1.29, 1.82) is 0 Å². The molecule has 0 bridgehead atoms. The Bertz CT molecular complexity index is 658. The summed E-state index contributed by atoms with van der Waals surface area (Å²) < 4.78 is 2.21. The molecule has 0 fully saturated rings. The van der Waals surface area contributed by atoms with Crippen LogP contribution < -0.4 is 10.6 Å². The summed E-state index contributed by atoms with van der Waals surface area (Å²) >= 11 is 3.31. The molecule has 1 aromatic heterocycles. The molecule has 0 aliphatic rings. The highest BCUT2D eigenvalue weighted by Gasteiger charge is 2.08. The minimum absolute atomic E-state index is 0.131. The molecule has 0 saturated heterocycles. The normalized spacial score (nSPS) is 10.1. The van der Waals surface area contributed by atoms with E-state index in [2.05, 4.69) is 36.9 Å². The number of carboxylic acids is 1. The average molecular weight is 354 g/mol. The molecule has 0 saturated carbocycles. The summed E-state index contributed by atoms with van der Waals surface area (Å²) in [5.41, 5.74) is 0.532. The summed E-state index contributed by atoms with van der Waals surface area (Å²) in [5.74, 6) is -1.14. The number of hydrogen-bond donors (Lipinski definition) is 3. The van der Waals surface area contributed by atoms with Crippen LogP contribution in [0.1, 0.15) is 10.5 Å². The van der Waals surface area contributed by atoms with E-state index in [9.17, 15) is 9.59 Å². The molecule has 3 N–H and O–H groups in total. The van der Waals surface area contributed by atoms with Gasteiger partial charge in [-0.05, 0) is 18.2 Å². The van der Waals surface area contributed by atoms with Crippen LogP contribution in [-0.4, -0.2) is 38.6 Å². The quantitative estimate of drug-likeness (QED) is 0.755. The highest BCUT2D eigenvalue weighted by atomic mass is 79.9. The van der Waals surface area contributed by atoms with Crippen molar-refractivity contribution in [2.45, 2.75) is 6.54 Å². The van der Waals surface area contributed by atoms with Crippen molar-refractivity contribution in [3.8, 4) is 0 Å². The predicted molar refractivity (Wildman–Crippen MR) is 78.1 cm³/mol. The lowest BCUT2D eigenvalue weighted by Gasteiger charge is -2.07. The van der Waals surface area contributed by atoms with Crippen LogP contribution in [0.3, 0.4) is 0 Å². The topological polar surface area (TPSA) is 109 Å². The number of carbonyl (C=O) groups excluding carboxylic acids is 1. The summed E-state index contributed by atoms with van der Waals surface area (Å²) in [6.07, 6.45) is 1.30. The number of benzene rings is 1. The van der Waals surface area contributed by atoms with Crippen molar-refractivity contribution in [2.75, 3.05) is 11.9 Å². The van der Waals surface area contributed by atoms with E-state index in [-0.39, 0.29) is 11.7 Å². The Morgan fingerprint density at radius 1 is 1.38 bits per heavy atom. The van der Waals surface area contributed by atoms with Crippen LogP contribution in [0.15, 0.2) is 34.9 Å². The molecule has 0 aliphatic heterocycles. The Morgan fingerprint density at radius 2 is 2.19 bits per heavy atom. The molecule has 0 radical (unpaired) electrons. The predicted octanol–water partition coefficient (Wildman–Crippen LogP) is 1.56. The number of aromatic nitrogens is 3. The summed E-state index contributed by atoms with van der Waals surface area (Å²) in [5, 5.41) is 21.1. The van der Waals surface area contributed by atoms with Gasteiger partial charge < -0.3 is 15.7 Å². The first-order chi connectivity index (χ1) is 10.0. The molecule has 8 nitrogen and oxygen atoms in total. The number of amides is 2. The molecule has 110 valence electrons. The number of rotatable bonds is 5. The smallest absolute Gasteiger partial charge is 0.358 e. The van der Waals surface area contributed by atoms with Gasteiger partial charge in [0.05, 0.1) is 12.7 Å². The molecule has 0 spiro atoms. The Labute approximate surface area is 128 Å². The molecule has 1 heterocycles. The molecule has 21 heavy (non-hydrogen) atoms. The maximum absolute atomic E-state index is 11.7. The van der Waals surface area contributed by atoms with Crippen LogP contribution in [0.25, 0.3) is 0 Å². The van der Waals surface area contributed by atoms with Gasteiger partial charge in [-0.3, -0.25) is 0 Å². The number of aromatic carboxylic acids is 1. The number of nitrogens with one attached hydrogen (secondary N) is 2. The van der Waals surface area contributed by atoms with Crippen LogP contribution in [0.4, 0.5) is 10.5 Å². The average Bonchev–Trinajstić information content (AvgIpc) is 2.87. The maximum Gasteiger partial charge on any atom is 0.358 e. The highest BCUT2D eigenvalue weighted by molar-refractivity contribution is 9.10. The number of anilines is 1. The fraction of sp³-hybridized carbons (Fsp3) is 0.167. The first-order valence-electron chi connectivity index (χ1n) is 5.98. The van der Waals surface area contributed by atoms with Crippen LogP contribution >= 0.6 is 15.9 Å². The van der Waals surface area contributed by atoms with Gasteiger partial charge in [-0.2, -0.15) is 0 Å².